The number of benzene rings is 3. The lowest BCUT2D eigenvalue weighted by Gasteiger charge is -2.37. The fourth-order valence-corrected chi connectivity index (χ4v) is 4.83. The summed E-state index contributed by atoms with van der Waals surface area (Å²) in [5.41, 5.74) is 7.28. The number of nitrogens with one attached hydrogen (secondary N) is 1. The van der Waals surface area contributed by atoms with Gasteiger partial charge in [-0.3, -0.25) is 4.99 Å². The molecule has 31 heavy (non-hydrogen) atoms. The molecule has 0 fully saturated rings. The Balaban J connectivity index is 1.38. The monoisotopic (exact) mass is 408 g/mol. The van der Waals surface area contributed by atoms with Crippen LogP contribution in [0.15, 0.2) is 83.9 Å². The van der Waals surface area contributed by atoms with E-state index in [0.717, 1.165) is 23.4 Å². The molecular formula is C28H28N2O. The first-order valence-electron chi connectivity index (χ1n) is 11.1. The topological polar surface area (TPSA) is 33.6 Å². The molecule has 0 bridgehead atoms. The van der Waals surface area contributed by atoms with Crippen LogP contribution < -0.4 is 10.1 Å². The highest BCUT2D eigenvalue weighted by Crippen LogP contribution is 2.50. The maximum absolute atomic E-state index is 5.69. The van der Waals surface area contributed by atoms with E-state index in [1.807, 2.05) is 37.4 Å². The van der Waals surface area contributed by atoms with Gasteiger partial charge in [-0.2, -0.15) is 0 Å². The van der Waals surface area contributed by atoms with Gasteiger partial charge in [0.25, 0.3) is 0 Å². The zero-order chi connectivity index (χ0) is 21.2. The second-order valence-electron chi connectivity index (χ2n) is 8.39. The first-order valence-corrected chi connectivity index (χ1v) is 11.1. The van der Waals surface area contributed by atoms with E-state index in [-0.39, 0.29) is 0 Å². The molecule has 0 aromatic heterocycles. The van der Waals surface area contributed by atoms with Crippen molar-refractivity contribution in [2.24, 2.45) is 10.9 Å². The molecule has 1 aliphatic carbocycles. The zero-order valence-electron chi connectivity index (χ0n) is 18.1. The number of allylic oxidation sites excluding steroid dienone is 2. The fraction of sp³-hybridized carbons (Fsp3) is 0.250. The van der Waals surface area contributed by atoms with Crippen LogP contribution >= 0.6 is 0 Å². The Morgan fingerprint density at radius 3 is 2.74 bits per heavy atom. The van der Waals surface area contributed by atoms with Crippen molar-refractivity contribution in [1.29, 1.82) is 0 Å². The molecule has 3 nitrogen and oxygen atoms in total. The summed E-state index contributed by atoms with van der Waals surface area (Å²) in [6, 6.07) is 23.7. The van der Waals surface area contributed by atoms with Gasteiger partial charge in [-0.15, -0.1) is 0 Å². The Labute approximate surface area is 184 Å². The van der Waals surface area contributed by atoms with E-state index in [1.54, 1.807) is 0 Å². The molecule has 0 unspecified atom stereocenters. The SMILES string of the molecule is CCOc1ccccc1C=Nc1ccc([C@@H]2Nc3ccc(C)cc3[C@H]3C=CC[C@@H]32)cc1. The van der Waals surface area contributed by atoms with Crippen LogP contribution in [-0.4, -0.2) is 12.8 Å². The van der Waals surface area contributed by atoms with Gasteiger partial charge in [0.1, 0.15) is 5.75 Å². The van der Waals surface area contributed by atoms with Crippen molar-refractivity contribution >= 4 is 17.6 Å². The van der Waals surface area contributed by atoms with E-state index in [0.29, 0.717) is 24.5 Å². The molecule has 5 rings (SSSR count). The molecule has 0 saturated heterocycles. The van der Waals surface area contributed by atoms with E-state index in [2.05, 4.69) is 71.8 Å². The van der Waals surface area contributed by atoms with Gasteiger partial charge >= 0.3 is 0 Å². The number of para-hydroxylation sites is 1. The number of ether oxygens (including phenoxy) is 1. The second-order valence-corrected chi connectivity index (χ2v) is 8.39. The van der Waals surface area contributed by atoms with E-state index in [4.69, 9.17) is 4.74 Å². The van der Waals surface area contributed by atoms with Crippen LogP contribution in [0.2, 0.25) is 0 Å². The summed E-state index contributed by atoms with van der Waals surface area (Å²) in [4.78, 5) is 4.68. The predicted molar refractivity (Wildman–Crippen MR) is 129 cm³/mol. The number of fused-ring (bicyclic) bond motifs is 3. The van der Waals surface area contributed by atoms with Crippen LogP contribution in [0.1, 0.15) is 47.6 Å². The van der Waals surface area contributed by atoms with Gasteiger partial charge in [0.15, 0.2) is 0 Å². The lowest BCUT2D eigenvalue weighted by Crippen LogP contribution is -2.29. The highest BCUT2D eigenvalue weighted by molar-refractivity contribution is 5.85. The van der Waals surface area contributed by atoms with Crippen molar-refractivity contribution < 1.29 is 4.74 Å². The summed E-state index contributed by atoms with van der Waals surface area (Å²) in [6.07, 6.45) is 7.74. The number of aryl methyl sites for hydroxylation is 1. The van der Waals surface area contributed by atoms with Crippen molar-refractivity contribution in [3.63, 3.8) is 0 Å². The fourth-order valence-electron chi connectivity index (χ4n) is 4.83. The summed E-state index contributed by atoms with van der Waals surface area (Å²) < 4.78 is 5.69. The maximum Gasteiger partial charge on any atom is 0.128 e. The number of anilines is 1. The van der Waals surface area contributed by atoms with Crippen LogP contribution in [0.4, 0.5) is 11.4 Å². The minimum Gasteiger partial charge on any atom is -0.493 e. The lowest BCUT2D eigenvalue weighted by atomic mass is 9.76. The standard InChI is InChI=1S/C28H28N2O/c1-3-31-27-10-5-4-7-21(27)18-29-22-14-12-20(13-15-22)28-24-9-6-8-23(24)25-17-19(2)11-16-26(25)30-28/h4-8,10-18,23-24,28,30H,3,9H2,1-2H3/t23-,24-,28-/m0/s1. The highest BCUT2D eigenvalue weighted by Gasteiger charge is 2.37. The third-order valence-electron chi connectivity index (χ3n) is 6.34. The molecule has 0 saturated carbocycles. The van der Waals surface area contributed by atoms with Gasteiger partial charge in [0.2, 0.25) is 0 Å². The summed E-state index contributed by atoms with van der Waals surface area (Å²) in [7, 11) is 0. The first kappa shape index (κ1) is 19.6. The minimum atomic E-state index is 0.312. The van der Waals surface area contributed by atoms with Crippen LogP contribution in [0.5, 0.6) is 5.75 Å². The molecule has 0 amide bonds. The molecule has 0 radical (unpaired) electrons. The molecule has 1 N–H and O–H groups in total. The molecule has 3 atom stereocenters. The molecule has 3 aromatic rings. The predicted octanol–water partition coefficient (Wildman–Crippen LogP) is 6.97. The van der Waals surface area contributed by atoms with Gasteiger partial charge in [0.05, 0.1) is 18.3 Å². The summed E-state index contributed by atoms with van der Waals surface area (Å²) in [5, 5.41) is 3.82. The molecule has 0 spiro atoms. The molecule has 3 heteroatoms. The Morgan fingerprint density at radius 2 is 1.90 bits per heavy atom. The van der Waals surface area contributed by atoms with Crippen molar-refractivity contribution in [2.45, 2.75) is 32.2 Å². The van der Waals surface area contributed by atoms with Gasteiger partial charge in [0, 0.05) is 23.4 Å². The second kappa shape index (κ2) is 8.43. The largest absolute Gasteiger partial charge is 0.493 e. The Hall–Kier alpha value is -3.33. The van der Waals surface area contributed by atoms with Gasteiger partial charge in [-0.05, 0) is 67.6 Å². The number of hydrogen-bond acceptors (Lipinski definition) is 3. The van der Waals surface area contributed by atoms with Crippen molar-refractivity contribution in [3.05, 3.63) is 101 Å². The summed E-state index contributed by atoms with van der Waals surface area (Å²) in [5.74, 6) is 1.92. The van der Waals surface area contributed by atoms with Crippen LogP contribution in [0.25, 0.3) is 0 Å². The van der Waals surface area contributed by atoms with Crippen molar-refractivity contribution in [2.75, 3.05) is 11.9 Å². The normalized spacial score (nSPS) is 21.5. The maximum atomic E-state index is 5.69. The zero-order valence-corrected chi connectivity index (χ0v) is 18.1. The molecule has 156 valence electrons. The van der Waals surface area contributed by atoms with Gasteiger partial charge < -0.3 is 10.1 Å². The molecular weight excluding hydrogens is 380 g/mol. The summed E-state index contributed by atoms with van der Waals surface area (Å²) >= 11 is 0. The summed E-state index contributed by atoms with van der Waals surface area (Å²) in [6.45, 7) is 4.82. The number of hydrogen-bond donors (Lipinski definition) is 1. The van der Waals surface area contributed by atoms with Crippen molar-refractivity contribution in [1.82, 2.24) is 0 Å². The lowest BCUT2D eigenvalue weighted by molar-refractivity contribution is 0.340. The molecule has 1 heterocycles. The Bertz CT molecular complexity index is 1130. The van der Waals surface area contributed by atoms with E-state index < -0.39 is 0 Å². The average Bonchev–Trinajstić information content (AvgIpc) is 3.29. The van der Waals surface area contributed by atoms with E-state index in [1.165, 1.54) is 22.4 Å². The van der Waals surface area contributed by atoms with Gasteiger partial charge in [-0.1, -0.05) is 54.1 Å². The third kappa shape index (κ3) is 3.88. The van der Waals surface area contributed by atoms with Crippen LogP contribution in [-0.2, 0) is 0 Å². The minimum absolute atomic E-state index is 0.312. The molecule has 1 aliphatic heterocycles. The quantitative estimate of drug-likeness (QED) is 0.365. The number of aliphatic imine (C=N–C) groups is 1. The highest BCUT2D eigenvalue weighted by atomic mass is 16.5. The van der Waals surface area contributed by atoms with Gasteiger partial charge in [-0.25, -0.2) is 0 Å². The number of rotatable bonds is 5. The number of nitrogens with zero attached hydrogens (tertiary/aromatic N) is 1. The molecule has 3 aromatic carbocycles. The Kier molecular flexibility index (Phi) is 5.33. The first-order chi connectivity index (χ1) is 15.2. The van der Waals surface area contributed by atoms with Crippen molar-refractivity contribution in [3.8, 4) is 5.75 Å². The van der Waals surface area contributed by atoms with E-state index >= 15 is 0 Å². The van der Waals surface area contributed by atoms with Crippen LogP contribution in [0.3, 0.4) is 0 Å². The van der Waals surface area contributed by atoms with Crippen LogP contribution in [0, 0.1) is 12.8 Å². The smallest absolute Gasteiger partial charge is 0.128 e. The third-order valence-corrected chi connectivity index (χ3v) is 6.34. The molecule has 2 aliphatic rings. The average molecular weight is 409 g/mol. The Morgan fingerprint density at radius 1 is 1.06 bits per heavy atom. The van der Waals surface area contributed by atoms with E-state index in [9.17, 15) is 0 Å².